The molecular formula is C16H13ClN2O5. The number of esters is 1. The standard InChI is InChI=1S/C16H13ClN2O5/c1-10-3-2-4-12(7-10)18-15(20)9-24-16(21)13-6-5-11(17)8-14(13)19(22)23/h2-8H,9H2,1H3,(H,18,20). The average Bonchev–Trinajstić information content (AvgIpc) is 2.52. The Morgan fingerprint density at radius 3 is 2.67 bits per heavy atom. The Labute approximate surface area is 142 Å². The number of carbonyl (C=O) groups is 2. The third-order valence-electron chi connectivity index (χ3n) is 3.01. The fourth-order valence-corrected chi connectivity index (χ4v) is 2.12. The minimum atomic E-state index is -0.974. The summed E-state index contributed by atoms with van der Waals surface area (Å²) in [5.74, 6) is -1.52. The predicted octanol–water partition coefficient (Wildman–Crippen LogP) is 3.35. The number of benzene rings is 2. The summed E-state index contributed by atoms with van der Waals surface area (Å²) in [5, 5.41) is 13.6. The van der Waals surface area contributed by atoms with E-state index in [1.165, 1.54) is 12.1 Å². The van der Waals surface area contributed by atoms with Crippen LogP contribution in [0.1, 0.15) is 15.9 Å². The van der Waals surface area contributed by atoms with Gasteiger partial charge in [0, 0.05) is 16.8 Å². The number of nitro groups is 1. The lowest BCUT2D eigenvalue weighted by Gasteiger charge is -2.07. The Morgan fingerprint density at radius 2 is 2.00 bits per heavy atom. The van der Waals surface area contributed by atoms with Crippen LogP contribution in [0.2, 0.25) is 5.02 Å². The van der Waals surface area contributed by atoms with E-state index in [1.54, 1.807) is 18.2 Å². The number of aryl methyl sites for hydroxylation is 1. The van der Waals surface area contributed by atoms with Crippen LogP contribution >= 0.6 is 11.6 Å². The van der Waals surface area contributed by atoms with Gasteiger partial charge in [-0.1, -0.05) is 23.7 Å². The van der Waals surface area contributed by atoms with Crippen molar-refractivity contribution in [3.63, 3.8) is 0 Å². The molecule has 24 heavy (non-hydrogen) atoms. The van der Waals surface area contributed by atoms with E-state index in [1.807, 2.05) is 13.0 Å². The van der Waals surface area contributed by atoms with Crippen molar-refractivity contribution in [2.24, 2.45) is 0 Å². The number of rotatable bonds is 5. The van der Waals surface area contributed by atoms with E-state index in [0.29, 0.717) is 5.69 Å². The van der Waals surface area contributed by atoms with Crippen LogP contribution < -0.4 is 5.32 Å². The topological polar surface area (TPSA) is 98.5 Å². The minimum absolute atomic E-state index is 0.121. The lowest BCUT2D eigenvalue weighted by atomic mass is 10.2. The molecule has 1 N–H and O–H groups in total. The summed E-state index contributed by atoms with van der Waals surface area (Å²) >= 11 is 5.68. The molecule has 0 aromatic heterocycles. The van der Waals surface area contributed by atoms with Gasteiger partial charge in [0.15, 0.2) is 6.61 Å². The van der Waals surface area contributed by atoms with E-state index in [4.69, 9.17) is 16.3 Å². The highest BCUT2D eigenvalue weighted by Crippen LogP contribution is 2.23. The molecule has 0 saturated carbocycles. The molecule has 0 radical (unpaired) electrons. The van der Waals surface area contributed by atoms with Gasteiger partial charge in [-0.05, 0) is 36.8 Å². The molecule has 1 amide bonds. The van der Waals surface area contributed by atoms with Crippen LogP contribution in [0, 0.1) is 17.0 Å². The third-order valence-corrected chi connectivity index (χ3v) is 3.25. The normalized spacial score (nSPS) is 10.1. The number of nitrogens with one attached hydrogen (secondary N) is 1. The molecule has 0 fully saturated rings. The van der Waals surface area contributed by atoms with Crippen molar-refractivity contribution in [1.29, 1.82) is 0 Å². The van der Waals surface area contributed by atoms with Crippen LogP contribution in [-0.4, -0.2) is 23.4 Å². The van der Waals surface area contributed by atoms with Gasteiger partial charge in [-0.25, -0.2) is 4.79 Å². The van der Waals surface area contributed by atoms with E-state index >= 15 is 0 Å². The second-order valence-corrected chi connectivity index (χ2v) is 5.35. The Bertz CT molecular complexity index is 807. The van der Waals surface area contributed by atoms with E-state index < -0.39 is 29.1 Å². The molecule has 0 heterocycles. The third kappa shape index (κ3) is 4.53. The molecule has 2 rings (SSSR count). The van der Waals surface area contributed by atoms with Crippen LogP contribution in [0.15, 0.2) is 42.5 Å². The largest absolute Gasteiger partial charge is 0.452 e. The fraction of sp³-hybridized carbons (Fsp3) is 0.125. The van der Waals surface area contributed by atoms with E-state index in [-0.39, 0.29) is 10.6 Å². The van der Waals surface area contributed by atoms with Gasteiger partial charge in [0.2, 0.25) is 0 Å². The number of amides is 1. The number of hydrogen-bond acceptors (Lipinski definition) is 5. The Morgan fingerprint density at radius 1 is 1.25 bits per heavy atom. The van der Waals surface area contributed by atoms with Gasteiger partial charge in [0.05, 0.1) is 4.92 Å². The van der Waals surface area contributed by atoms with Crippen LogP contribution in [0.3, 0.4) is 0 Å². The molecule has 0 aliphatic rings. The highest BCUT2D eigenvalue weighted by Gasteiger charge is 2.22. The molecule has 0 unspecified atom stereocenters. The molecule has 0 aliphatic heterocycles. The van der Waals surface area contributed by atoms with Crippen molar-refractivity contribution in [1.82, 2.24) is 0 Å². The Balaban J connectivity index is 2.00. The summed E-state index contributed by atoms with van der Waals surface area (Å²) in [5.41, 5.74) is 0.773. The Hall–Kier alpha value is -2.93. The zero-order valence-electron chi connectivity index (χ0n) is 12.6. The summed E-state index contributed by atoms with van der Waals surface area (Å²) in [6.45, 7) is 1.31. The van der Waals surface area contributed by atoms with Crippen molar-refractivity contribution >= 4 is 34.9 Å². The van der Waals surface area contributed by atoms with Crippen molar-refractivity contribution in [3.8, 4) is 0 Å². The maximum absolute atomic E-state index is 11.9. The van der Waals surface area contributed by atoms with Crippen LogP contribution in [0.5, 0.6) is 0 Å². The van der Waals surface area contributed by atoms with Gasteiger partial charge in [-0.15, -0.1) is 0 Å². The molecule has 0 aliphatic carbocycles. The molecule has 2 aromatic rings. The van der Waals surface area contributed by atoms with Gasteiger partial charge < -0.3 is 10.1 Å². The smallest absolute Gasteiger partial charge is 0.345 e. The van der Waals surface area contributed by atoms with Crippen molar-refractivity contribution in [2.45, 2.75) is 6.92 Å². The second-order valence-electron chi connectivity index (χ2n) is 4.91. The molecule has 2 aromatic carbocycles. The van der Waals surface area contributed by atoms with Gasteiger partial charge in [0.1, 0.15) is 5.56 Å². The van der Waals surface area contributed by atoms with Crippen molar-refractivity contribution < 1.29 is 19.2 Å². The first-order valence-electron chi connectivity index (χ1n) is 6.84. The minimum Gasteiger partial charge on any atom is -0.452 e. The molecule has 8 heteroatoms. The maximum Gasteiger partial charge on any atom is 0.345 e. The highest BCUT2D eigenvalue weighted by molar-refractivity contribution is 6.31. The highest BCUT2D eigenvalue weighted by atomic mass is 35.5. The molecule has 0 spiro atoms. The first-order chi connectivity index (χ1) is 11.4. The fourth-order valence-electron chi connectivity index (χ4n) is 1.96. The molecule has 7 nitrogen and oxygen atoms in total. The van der Waals surface area contributed by atoms with Gasteiger partial charge >= 0.3 is 5.97 Å². The molecule has 0 atom stereocenters. The second kappa shape index (κ2) is 7.56. The van der Waals surface area contributed by atoms with E-state index in [2.05, 4.69) is 5.32 Å². The maximum atomic E-state index is 11.9. The predicted molar refractivity (Wildman–Crippen MR) is 88.2 cm³/mol. The van der Waals surface area contributed by atoms with Crippen molar-refractivity contribution in [2.75, 3.05) is 11.9 Å². The first-order valence-corrected chi connectivity index (χ1v) is 7.22. The molecule has 0 bridgehead atoms. The van der Waals surface area contributed by atoms with Crippen LogP contribution in [0.4, 0.5) is 11.4 Å². The van der Waals surface area contributed by atoms with E-state index in [0.717, 1.165) is 11.6 Å². The summed E-state index contributed by atoms with van der Waals surface area (Å²) in [7, 11) is 0. The van der Waals surface area contributed by atoms with E-state index in [9.17, 15) is 19.7 Å². The molecular weight excluding hydrogens is 336 g/mol. The van der Waals surface area contributed by atoms with Gasteiger partial charge in [-0.3, -0.25) is 14.9 Å². The number of hydrogen-bond donors (Lipinski definition) is 1. The SMILES string of the molecule is Cc1cccc(NC(=O)COC(=O)c2ccc(Cl)cc2[N+](=O)[O-])c1. The van der Waals surface area contributed by atoms with Crippen LogP contribution in [0.25, 0.3) is 0 Å². The number of ether oxygens (including phenoxy) is 1. The zero-order valence-corrected chi connectivity index (χ0v) is 13.4. The quantitative estimate of drug-likeness (QED) is 0.507. The lowest BCUT2D eigenvalue weighted by Crippen LogP contribution is -2.21. The lowest BCUT2D eigenvalue weighted by molar-refractivity contribution is -0.385. The van der Waals surface area contributed by atoms with Gasteiger partial charge in [-0.2, -0.15) is 0 Å². The summed E-state index contributed by atoms with van der Waals surface area (Å²) in [6.07, 6.45) is 0. The number of halogens is 1. The number of nitro benzene ring substituents is 1. The van der Waals surface area contributed by atoms with Crippen LogP contribution in [-0.2, 0) is 9.53 Å². The molecule has 124 valence electrons. The Kier molecular flexibility index (Phi) is 5.49. The summed E-state index contributed by atoms with van der Waals surface area (Å²) in [4.78, 5) is 33.9. The zero-order chi connectivity index (χ0) is 17.7. The summed E-state index contributed by atoms with van der Waals surface area (Å²) in [6, 6.07) is 10.6. The monoisotopic (exact) mass is 348 g/mol. The van der Waals surface area contributed by atoms with Crippen molar-refractivity contribution in [3.05, 3.63) is 68.7 Å². The first kappa shape index (κ1) is 17.4. The number of carbonyl (C=O) groups excluding carboxylic acids is 2. The number of nitrogens with zero attached hydrogens (tertiary/aromatic N) is 1. The summed E-state index contributed by atoms with van der Waals surface area (Å²) < 4.78 is 4.82. The molecule has 0 saturated heterocycles. The number of anilines is 1. The van der Waals surface area contributed by atoms with Gasteiger partial charge in [0.25, 0.3) is 11.6 Å². The average molecular weight is 349 g/mol.